The van der Waals surface area contributed by atoms with Gasteiger partial charge in [0.2, 0.25) is 0 Å². The highest BCUT2D eigenvalue weighted by Gasteiger charge is 2.12. The van der Waals surface area contributed by atoms with Crippen LogP contribution in [0.1, 0.15) is 36.6 Å². The summed E-state index contributed by atoms with van der Waals surface area (Å²) < 4.78 is 5.59. The van der Waals surface area contributed by atoms with Crippen molar-refractivity contribution in [3.05, 3.63) is 65.2 Å². The lowest BCUT2D eigenvalue weighted by molar-refractivity contribution is 0.220. The van der Waals surface area contributed by atoms with Gasteiger partial charge in [-0.3, -0.25) is 0 Å². The number of benzene rings is 2. The van der Waals surface area contributed by atoms with E-state index in [1.54, 1.807) is 0 Å². The van der Waals surface area contributed by atoms with Gasteiger partial charge in [-0.1, -0.05) is 43.3 Å². The highest BCUT2D eigenvalue weighted by atomic mass is 16.5. The molecular weight excluding hydrogens is 236 g/mol. The van der Waals surface area contributed by atoms with E-state index < -0.39 is 6.10 Å². The molecule has 2 nitrogen and oxygen atoms in total. The molecular formula is C17H20O2. The first-order chi connectivity index (χ1) is 9.26. The van der Waals surface area contributed by atoms with E-state index in [9.17, 15) is 5.11 Å². The van der Waals surface area contributed by atoms with Gasteiger partial charge in [-0.25, -0.2) is 0 Å². The van der Waals surface area contributed by atoms with Crippen molar-refractivity contribution < 1.29 is 9.84 Å². The molecule has 0 saturated heterocycles. The molecule has 0 aliphatic heterocycles. The number of ether oxygens (including phenoxy) is 1. The molecule has 0 radical (unpaired) electrons. The minimum absolute atomic E-state index is 0.581. The minimum Gasteiger partial charge on any atom is -0.494 e. The molecule has 0 amide bonds. The van der Waals surface area contributed by atoms with Gasteiger partial charge in [0.1, 0.15) is 11.9 Å². The van der Waals surface area contributed by atoms with E-state index in [0.29, 0.717) is 6.61 Å². The maximum atomic E-state index is 10.4. The fourth-order valence-corrected chi connectivity index (χ4v) is 2.17. The van der Waals surface area contributed by atoms with Crippen LogP contribution in [0, 0.1) is 0 Å². The van der Waals surface area contributed by atoms with Gasteiger partial charge in [-0.05, 0) is 42.2 Å². The van der Waals surface area contributed by atoms with Crippen molar-refractivity contribution in [3.63, 3.8) is 0 Å². The summed E-state index contributed by atoms with van der Waals surface area (Å²) in [6.07, 6.45) is 0.312. The lowest BCUT2D eigenvalue weighted by Gasteiger charge is -2.15. The Labute approximate surface area is 114 Å². The van der Waals surface area contributed by atoms with E-state index >= 15 is 0 Å². The maximum absolute atomic E-state index is 10.4. The van der Waals surface area contributed by atoms with Crippen molar-refractivity contribution in [2.24, 2.45) is 0 Å². The van der Waals surface area contributed by atoms with Crippen LogP contribution in [0.4, 0.5) is 0 Å². The second-order valence-electron chi connectivity index (χ2n) is 4.47. The largest absolute Gasteiger partial charge is 0.494 e. The average molecular weight is 256 g/mol. The first-order valence-corrected chi connectivity index (χ1v) is 6.74. The van der Waals surface area contributed by atoms with Gasteiger partial charge in [-0.15, -0.1) is 0 Å². The number of rotatable bonds is 5. The zero-order chi connectivity index (χ0) is 13.7. The summed E-state index contributed by atoms with van der Waals surface area (Å²) >= 11 is 0. The lowest BCUT2D eigenvalue weighted by atomic mass is 9.98. The van der Waals surface area contributed by atoms with Crippen molar-refractivity contribution >= 4 is 0 Å². The van der Waals surface area contributed by atoms with Gasteiger partial charge in [-0.2, -0.15) is 0 Å². The van der Waals surface area contributed by atoms with Crippen molar-refractivity contribution in [1.82, 2.24) is 0 Å². The van der Waals surface area contributed by atoms with Gasteiger partial charge < -0.3 is 9.84 Å². The third-order valence-corrected chi connectivity index (χ3v) is 3.20. The smallest absolute Gasteiger partial charge is 0.122 e. The first kappa shape index (κ1) is 13.6. The molecule has 0 saturated carbocycles. The fourth-order valence-electron chi connectivity index (χ4n) is 2.17. The quantitative estimate of drug-likeness (QED) is 0.883. The van der Waals surface area contributed by atoms with Crippen LogP contribution >= 0.6 is 0 Å². The number of hydrogen-bond acceptors (Lipinski definition) is 2. The van der Waals surface area contributed by atoms with Gasteiger partial charge in [0.05, 0.1) is 6.61 Å². The molecule has 0 fully saturated rings. The Morgan fingerprint density at radius 2 is 1.74 bits per heavy atom. The molecule has 0 bridgehead atoms. The van der Waals surface area contributed by atoms with Crippen LogP contribution in [0.3, 0.4) is 0 Å². The Bertz CT molecular complexity index is 520. The molecule has 100 valence electrons. The summed E-state index contributed by atoms with van der Waals surface area (Å²) in [5, 5.41) is 10.4. The van der Waals surface area contributed by atoms with Crippen LogP contribution in [-0.2, 0) is 6.42 Å². The molecule has 1 unspecified atom stereocenters. The van der Waals surface area contributed by atoms with E-state index in [1.165, 1.54) is 0 Å². The predicted molar refractivity (Wildman–Crippen MR) is 77.5 cm³/mol. The Balaban J connectivity index is 2.30. The second-order valence-corrected chi connectivity index (χ2v) is 4.47. The van der Waals surface area contributed by atoms with Crippen molar-refractivity contribution in [1.29, 1.82) is 0 Å². The van der Waals surface area contributed by atoms with Crippen LogP contribution in [0.25, 0.3) is 0 Å². The summed E-state index contributed by atoms with van der Waals surface area (Å²) in [5.41, 5.74) is 2.95. The third kappa shape index (κ3) is 3.15. The van der Waals surface area contributed by atoms with E-state index in [-0.39, 0.29) is 0 Å². The maximum Gasteiger partial charge on any atom is 0.122 e. The normalized spacial score (nSPS) is 12.2. The van der Waals surface area contributed by atoms with Crippen molar-refractivity contribution in [2.75, 3.05) is 6.61 Å². The highest BCUT2D eigenvalue weighted by Crippen LogP contribution is 2.27. The van der Waals surface area contributed by atoms with Gasteiger partial charge in [0, 0.05) is 0 Å². The van der Waals surface area contributed by atoms with E-state index in [2.05, 4.69) is 6.92 Å². The Hall–Kier alpha value is -1.80. The van der Waals surface area contributed by atoms with E-state index in [4.69, 9.17) is 4.74 Å². The molecule has 2 heteroatoms. The molecule has 0 aliphatic rings. The summed E-state index contributed by atoms with van der Waals surface area (Å²) in [6.45, 7) is 4.73. The molecule has 2 aromatic rings. The number of aliphatic hydroxyl groups is 1. The first-order valence-electron chi connectivity index (χ1n) is 6.74. The van der Waals surface area contributed by atoms with Gasteiger partial charge in [0.15, 0.2) is 0 Å². The van der Waals surface area contributed by atoms with E-state index in [0.717, 1.165) is 28.9 Å². The summed E-state index contributed by atoms with van der Waals surface area (Å²) in [7, 11) is 0. The van der Waals surface area contributed by atoms with Crippen molar-refractivity contribution in [2.45, 2.75) is 26.4 Å². The molecule has 2 aromatic carbocycles. The van der Waals surface area contributed by atoms with E-state index in [1.807, 2.05) is 55.5 Å². The molecule has 0 aromatic heterocycles. The summed E-state index contributed by atoms with van der Waals surface area (Å²) in [4.78, 5) is 0. The summed E-state index contributed by atoms with van der Waals surface area (Å²) in [5.74, 6) is 0.911. The minimum atomic E-state index is -0.581. The van der Waals surface area contributed by atoms with Gasteiger partial charge in [0.25, 0.3) is 0 Å². The average Bonchev–Trinajstić information content (AvgIpc) is 2.48. The number of aryl methyl sites for hydroxylation is 1. The van der Waals surface area contributed by atoms with Crippen molar-refractivity contribution in [3.8, 4) is 5.75 Å². The number of hydrogen-bond donors (Lipinski definition) is 1. The summed E-state index contributed by atoms with van der Waals surface area (Å²) in [6, 6.07) is 15.6. The van der Waals surface area contributed by atoms with Crippen LogP contribution in [-0.4, -0.2) is 11.7 Å². The van der Waals surface area contributed by atoms with Crippen LogP contribution in [0.5, 0.6) is 5.75 Å². The van der Waals surface area contributed by atoms with Gasteiger partial charge >= 0.3 is 0 Å². The molecule has 19 heavy (non-hydrogen) atoms. The molecule has 0 spiro atoms. The lowest BCUT2D eigenvalue weighted by Crippen LogP contribution is -2.02. The molecule has 0 aliphatic carbocycles. The zero-order valence-corrected chi connectivity index (χ0v) is 11.5. The highest BCUT2D eigenvalue weighted by molar-refractivity contribution is 5.40. The van der Waals surface area contributed by atoms with Crippen LogP contribution in [0.2, 0.25) is 0 Å². The molecule has 0 heterocycles. The standard InChI is InChI=1S/C17H20O2/c1-3-13-12-15(10-11-16(13)19-4-2)17(18)14-8-6-5-7-9-14/h5-12,17-18H,3-4H2,1-2H3. The SMILES string of the molecule is CCOc1ccc(C(O)c2ccccc2)cc1CC. The second kappa shape index (κ2) is 6.39. The number of aliphatic hydroxyl groups excluding tert-OH is 1. The Kier molecular flexibility index (Phi) is 4.58. The Morgan fingerprint density at radius 3 is 2.37 bits per heavy atom. The molecule has 1 N–H and O–H groups in total. The predicted octanol–water partition coefficient (Wildman–Crippen LogP) is 3.73. The third-order valence-electron chi connectivity index (χ3n) is 3.20. The zero-order valence-electron chi connectivity index (χ0n) is 11.5. The fraction of sp³-hybridized carbons (Fsp3) is 0.294. The molecule has 2 rings (SSSR count). The van der Waals surface area contributed by atoms with Crippen LogP contribution < -0.4 is 4.74 Å². The monoisotopic (exact) mass is 256 g/mol. The Morgan fingerprint density at radius 1 is 1.00 bits per heavy atom. The topological polar surface area (TPSA) is 29.5 Å². The molecule has 1 atom stereocenters. The van der Waals surface area contributed by atoms with Crippen LogP contribution in [0.15, 0.2) is 48.5 Å².